The van der Waals surface area contributed by atoms with Crippen LogP contribution in [-0.2, 0) is 0 Å². The SMILES string of the molecule is Cc1c(-c2ccccc2)nc(-c2ccccc2)c(-c2ccccc2)c1-c1ccccc1. The third-order valence-electron chi connectivity index (χ3n) is 5.66. The highest BCUT2D eigenvalue weighted by atomic mass is 14.7. The van der Waals surface area contributed by atoms with Gasteiger partial charge in [-0.3, -0.25) is 0 Å². The topological polar surface area (TPSA) is 12.9 Å². The van der Waals surface area contributed by atoms with E-state index < -0.39 is 0 Å². The van der Waals surface area contributed by atoms with Gasteiger partial charge in [-0.15, -0.1) is 0 Å². The van der Waals surface area contributed by atoms with Crippen LogP contribution in [0, 0.1) is 6.92 Å². The highest BCUT2D eigenvalue weighted by Gasteiger charge is 2.21. The van der Waals surface area contributed by atoms with E-state index >= 15 is 0 Å². The molecule has 0 aliphatic rings. The van der Waals surface area contributed by atoms with Crippen LogP contribution in [-0.4, -0.2) is 4.98 Å². The fourth-order valence-corrected chi connectivity index (χ4v) is 4.21. The Morgan fingerprint density at radius 1 is 0.387 bits per heavy atom. The van der Waals surface area contributed by atoms with Gasteiger partial charge in [-0.25, -0.2) is 4.98 Å². The average Bonchev–Trinajstić information content (AvgIpc) is 2.86. The lowest BCUT2D eigenvalue weighted by Crippen LogP contribution is -2.00. The molecule has 0 fully saturated rings. The number of benzene rings is 4. The van der Waals surface area contributed by atoms with Gasteiger partial charge in [-0.1, -0.05) is 121 Å². The average molecular weight is 398 g/mol. The van der Waals surface area contributed by atoms with E-state index in [-0.39, 0.29) is 0 Å². The molecule has 1 heterocycles. The van der Waals surface area contributed by atoms with E-state index in [0.717, 1.165) is 22.5 Å². The Hall–Kier alpha value is -3.97. The maximum atomic E-state index is 5.28. The zero-order valence-corrected chi connectivity index (χ0v) is 17.5. The molecule has 1 heteroatoms. The largest absolute Gasteiger partial charge is 0.247 e. The van der Waals surface area contributed by atoms with Gasteiger partial charge >= 0.3 is 0 Å². The summed E-state index contributed by atoms with van der Waals surface area (Å²) in [6, 6.07) is 42.3. The molecule has 148 valence electrons. The summed E-state index contributed by atoms with van der Waals surface area (Å²) in [5.41, 5.74) is 10.3. The van der Waals surface area contributed by atoms with E-state index in [1.54, 1.807) is 0 Å². The lowest BCUT2D eigenvalue weighted by atomic mass is 9.86. The number of aromatic nitrogens is 1. The Balaban J connectivity index is 1.93. The summed E-state index contributed by atoms with van der Waals surface area (Å²) in [6.45, 7) is 2.19. The number of hydrogen-bond donors (Lipinski definition) is 0. The minimum Gasteiger partial charge on any atom is -0.247 e. The van der Waals surface area contributed by atoms with Crippen LogP contribution in [0.5, 0.6) is 0 Å². The highest BCUT2D eigenvalue weighted by Crippen LogP contribution is 2.43. The molecular weight excluding hydrogens is 374 g/mol. The second-order valence-corrected chi connectivity index (χ2v) is 7.65. The molecule has 1 nitrogen and oxygen atoms in total. The lowest BCUT2D eigenvalue weighted by molar-refractivity contribution is 1.27. The van der Waals surface area contributed by atoms with Crippen molar-refractivity contribution in [2.45, 2.75) is 6.92 Å². The van der Waals surface area contributed by atoms with Crippen LogP contribution in [0.25, 0.3) is 44.8 Å². The van der Waals surface area contributed by atoms with Crippen LogP contribution >= 0.6 is 0 Å². The van der Waals surface area contributed by atoms with Crippen molar-refractivity contribution in [3.05, 3.63) is 127 Å². The van der Waals surface area contributed by atoms with Gasteiger partial charge in [0.05, 0.1) is 11.4 Å². The fourth-order valence-electron chi connectivity index (χ4n) is 4.21. The molecule has 1 aromatic heterocycles. The predicted octanol–water partition coefficient (Wildman–Crippen LogP) is 8.06. The Bertz CT molecular complexity index is 1290. The Labute approximate surface area is 183 Å². The molecule has 0 atom stereocenters. The van der Waals surface area contributed by atoms with E-state index in [2.05, 4.69) is 122 Å². The quantitative estimate of drug-likeness (QED) is 0.299. The Morgan fingerprint density at radius 3 is 1.19 bits per heavy atom. The van der Waals surface area contributed by atoms with Gasteiger partial charge in [0.1, 0.15) is 0 Å². The summed E-state index contributed by atoms with van der Waals surface area (Å²) >= 11 is 0. The van der Waals surface area contributed by atoms with Crippen molar-refractivity contribution in [3.63, 3.8) is 0 Å². The third kappa shape index (κ3) is 3.67. The minimum atomic E-state index is 1.01. The Kier molecular flexibility index (Phi) is 5.16. The van der Waals surface area contributed by atoms with Gasteiger partial charge in [-0.05, 0) is 29.2 Å². The summed E-state index contributed by atoms with van der Waals surface area (Å²) in [5, 5.41) is 0. The van der Waals surface area contributed by atoms with Crippen molar-refractivity contribution >= 4 is 0 Å². The smallest absolute Gasteiger partial charge is 0.0794 e. The fraction of sp³-hybridized carbons (Fsp3) is 0.0333. The molecule has 0 saturated heterocycles. The summed E-state index contributed by atoms with van der Waals surface area (Å²) in [4.78, 5) is 5.28. The molecule has 4 aromatic carbocycles. The first-order chi connectivity index (χ1) is 15.3. The van der Waals surface area contributed by atoms with Crippen molar-refractivity contribution in [2.75, 3.05) is 0 Å². The van der Waals surface area contributed by atoms with Gasteiger partial charge in [0.15, 0.2) is 0 Å². The standard InChI is InChI=1S/C30H23N/c1-22-27(23-14-6-2-7-15-23)28(24-16-8-3-9-17-24)30(26-20-12-5-13-21-26)31-29(22)25-18-10-4-11-19-25/h2-21H,1H3. The van der Waals surface area contributed by atoms with Gasteiger partial charge in [0.2, 0.25) is 0 Å². The van der Waals surface area contributed by atoms with Crippen molar-refractivity contribution in [1.82, 2.24) is 4.98 Å². The van der Waals surface area contributed by atoms with Crippen LogP contribution in [0.1, 0.15) is 5.56 Å². The first-order valence-corrected chi connectivity index (χ1v) is 10.6. The van der Waals surface area contributed by atoms with Crippen molar-refractivity contribution < 1.29 is 0 Å². The van der Waals surface area contributed by atoms with Crippen molar-refractivity contribution in [2.24, 2.45) is 0 Å². The lowest BCUT2D eigenvalue weighted by Gasteiger charge is -2.21. The molecule has 31 heavy (non-hydrogen) atoms. The van der Waals surface area contributed by atoms with Gasteiger partial charge in [-0.2, -0.15) is 0 Å². The zero-order chi connectivity index (χ0) is 21.0. The molecule has 0 N–H and O–H groups in total. The predicted molar refractivity (Wildman–Crippen MR) is 131 cm³/mol. The van der Waals surface area contributed by atoms with Gasteiger partial charge in [0.25, 0.3) is 0 Å². The molecular formula is C30H23N. The number of pyridine rings is 1. The minimum absolute atomic E-state index is 1.01. The van der Waals surface area contributed by atoms with Crippen LogP contribution in [0.4, 0.5) is 0 Å². The second-order valence-electron chi connectivity index (χ2n) is 7.65. The van der Waals surface area contributed by atoms with Crippen LogP contribution in [0.15, 0.2) is 121 Å². The second kappa shape index (κ2) is 8.41. The van der Waals surface area contributed by atoms with E-state index in [1.165, 1.54) is 27.8 Å². The van der Waals surface area contributed by atoms with E-state index in [9.17, 15) is 0 Å². The molecule has 0 aliphatic heterocycles. The van der Waals surface area contributed by atoms with E-state index in [0.29, 0.717) is 0 Å². The number of nitrogens with zero attached hydrogens (tertiary/aromatic N) is 1. The maximum absolute atomic E-state index is 5.28. The normalized spacial score (nSPS) is 10.7. The number of rotatable bonds is 4. The molecule has 0 unspecified atom stereocenters. The molecule has 0 spiro atoms. The molecule has 0 aliphatic carbocycles. The Morgan fingerprint density at radius 2 is 0.742 bits per heavy atom. The van der Waals surface area contributed by atoms with Gasteiger partial charge < -0.3 is 0 Å². The van der Waals surface area contributed by atoms with Crippen LogP contribution in [0.2, 0.25) is 0 Å². The summed E-state index contributed by atoms with van der Waals surface area (Å²) in [6.07, 6.45) is 0. The number of hydrogen-bond acceptors (Lipinski definition) is 1. The first kappa shape index (κ1) is 19.0. The molecule has 0 bridgehead atoms. The first-order valence-electron chi connectivity index (χ1n) is 10.6. The summed E-state index contributed by atoms with van der Waals surface area (Å²) in [7, 11) is 0. The summed E-state index contributed by atoms with van der Waals surface area (Å²) in [5.74, 6) is 0. The highest BCUT2D eigenvalue weighted by molar-refractivity contribution is 5.96. The molecule has 5 aromatic rings. The molecule has 0 saturated carbocycles. The maximum Gasteiger partial charge on any atom is 0.0794 e. The van der Waals surface area contributed by atoms with Crippen molar-refractivity contribution in [3.8, 4) is 44.8 Å². The van der Waals surface area contributed by atoms with Crippen molar-refractivity contribution in [1.29, 1.82) is 0 Å². The monoisotopic (exact) mass is 397 g/mol. The van der Waals surface area contributed by atoms with Crippen LogP contribution in [0.3, 0.4) is 0 Å². The molecule has 0 radical (unpaired) electrons. The molecule has 0 amide bonds. The third-order valence-corrected chi connectivity index (χ3v) is 5.66. The van der Waals surface area contributed by atoms with E-state index in [4.69, 9.17) is 4.98 Å². The van der Waals surface area contributed by atoms with Crippen LogP contribution < -0.4 is 0 Å². The molecule has 5 rings (SSSR count). The summed E-state index contributed by atoms with van der Waals surface area (Å²) < 4.78 is 0. The zero-order valence-electron chi connectivity index (χ0n) is 17.5. The van der Waals surface area contributed by atoms with E-state index in [1.807, 2.05) is 6.07 Å². The van der Waals surface area contributed by atoms with Gasteiger partial charge in [0, 0.05) is 16.7 Å².